The molecule has 3 rings (SSSR count). The first-order valence-corrected chi connectivity index (χ1v) is 9.56. The van der Waals surface area contributed by atoms with E-state index in [0.29, 0.717) is 17.8 Å². The van der Waals surface area contributed by atoms with Crippen LogP contribution in [0.2, 0.25) is 0 Å². The number of halogens is 1. The highest BCUT2D eigenvalue weighted by atomic mass is 19.1. The van der Waals surface area contributed by atoms with E-state index in [1.54, 1.807) is 18.2 Å². The smallest absolute Gasteiger partial charge is 0.347 e. The van der Waals surface area contributed by atoms with Crippen LogP contribution in [0.1, 0.15) is 44.6 Å². The molecule has 0 fully saturated rings. The predicted octanol–water partition coefficient (Wildman–Crippen LogP) is 6.26. The third kappa shape index (κ3) is 4.57. The second kappa shape index (κ2) is 8.85. The van der Waals surface area contributed by atoms with E-state index >= 15 is 0 Å². The van der Waals surface area contributed by atoms with Crippen LogP contribution >= 0.6 is 0 Å². The van der Waals surface area contributed by atoms with Gasteiger partial charge in [0.15, 0.2) is 11.6 Å². The monoisotopic (exact) mass is 368 g/mol. The van der Waals surface area contributed by atoms with Gasteiger partial charge in [-0.1, -0.05) is 68.5 Å². The largest absolute Gasteiger partial charge is 0.490 e. The molecule has 27 heavy (non-hydrogen) atoms. The van der Waals surface area contributed by atoms with Crippen molar-refractivity contribution >= 4 is 10.8 Å². The third-order valence-corrected chi connectivity index (χ3v) is 4.67. The zero-order chi connectivity index (χ0) is 19.2. The molecule has 0 saturated carbocycles. The van der Waals surface area contributed by atoms with E-state index in [1.165, 1.54) is 12.8 Å². The molecule has 4 heteroatoms. The Morgan fingerprint density at radius 3 is 2.48 bits per heavy atom. The maximum absolute atomic E-state index is 14.8. The molecule has 0 aliphatic rings. The van der Waals surface area contributed by atoms with Crippen molar-refractivity contribution in [3.05, 3.63) is 64.3 Å². The Balaban J connectivity index is 1.81. The molecule has 0 saturated heterocycles. The van der Waals surface area contributed by atoms with Gasteiger partial charge in [0, 0.05) is 5.56 Å². The van der Waals surface area contributed by atoms with E-state index in [4.69, 9.17) is 9.15 Å². The molecule has 0 aliphatic heterocycles. The summed E-state index contributed by atoms with van der Waals surface area (Å²) in [7, 11) is 0. The van der Waals surface area contributed by atoms with E-state index < -0.39 is 11.4 Å². The van der Waals surface area contributed by atoms with Gasteiger partial charge in [0.25, 0.3) is 0 Å². The number of fused-ring (bicyclic) bond motifs is 1. The maximum atomic E-state index is 14.8. The maximum Gasteiger partial charge on any atom is 0.347 e. The van der Waals surface area contributed by atoms with Crippen molar-refractivity contribution in [3.63, 3.8) is 0 Å². The van der Waals surface area contributed by atoms with Crippen LogP contribution in [-0.2, 0) is 0 Å². The Bertz CT molecular complexity index is 958. The minimum Gasteiger partial charge on any atom is -0.490 e. The fraction of sp³-hybridized carbons (Fsp3) is 0.348. The van der Waals surface area contributed by atoms with Crippen LogP contribution in [0.3, 0.4) is 0 Å². The van der Waals surface area contributed by atoms with Crippen molar-refractivity contribution < 1.29 is 13.5 Å². The summed E-state index contributed by atoms with van der Waals surface area (Å²) < 4.78 is 25.7. The van der Waals surface area contributed by atoms with Crippen LogP contribution in [0.25, 0.3) is 22.1 Å². The lowest BCUT2D eigenvalue weighted by atomic mass is 10.1. The Morgan fingerprint density at radius 2 is 1.74 bits per heavy atom. The van der Waals surface area contributed by atoms with Gasteiger partial charge < -0.3 is 9.15 Å². The number of hydrogen-bond donors (Lipinski definition) is 0. The van der Waals surface area contributed by atoms with Gasteiger partial charge in [0.05, 0.1) is 6.61 Å². The molecule has 0 aliphatic carbocycles. The lowest BCUT2D eigenvalue weighted by Gasteiger charge is -2.09. The van der Waals surface area contributed by atoms with Crippen molar-refractivity contribution in [2.24, 2.45) is 0 Å². The highest BCUT2D eigenvalue weighted by molar-refractivity contribution is 5.86. The van der Waals surface area contributed by atoms with Crippen LogP contribution in [-0.4, -0.2) is 6.61 Å². The number of hydrogen-bond acceptors (Lipinski definition) is 3. The zero-order valence-corrected chi connectivity index (χ0v) is 15.9. The van der Waals surface area contributed by atoms with Gasteiger partial charge in [-0.25, -0.2) is 9.18 Å². The minimum atomic E-state index is -0.686. The third-order valence-electron chi connectivity index (χ3n) is 4.67. The zero-order valence-electron chi connectivity index (χ0n) is 15.9. The molecule has 0 N–H and O–H groups in total. The number of ether oxygens (including phenoxy) is 1. The van der Waals surface area contributed by atoms with Gasteiger partial charge in [-0.3, -0.25) is 0 Å². The second-order valence-electron chi connectivity index (χ2n) is 6.87. The molecule has 1 aromatic heterocycles. The summed E-state index contributed by atoms with van der Waals surface area (Å²) in [6, 6.07) is 12.6. The van der Waals surface area contributed by atoms with Crippen molar-refractivity contribution in [2.45, 2.75) is 46.0 Å². The Hall–Kier alpha value is -2.62. The molecule has 1 heterocycles. The first kappa shape index (κ1) is 19.2. The highest BCUT2D eigenvalue weighted by Crippen LogP contribution is 2.28. The molecule has 0 radical (unpaired) electrons. The lowest BCUT2D eigenvalue weighted by Crippen LogP contribution is -2.06. The molecule has 142 valence electrons. The molecule has 0 atom stereocenters. The van der Waals surface area contributed by atoms with Gasteiger partial charge >= 0.3 is 5.63 Å². The molecular weight excluding hydrogens is 343 g/mol. The van der Waals surface area contributed by atoms with Gasteiger partial charge in [-0.15, -0.1) is 0 Å². The summed E-state index contributed by atoms with van der Waals surface area (Å²) in [5.41, 5.74) is 1.21. The van der Waals surface area contributed by atoms with Gasteiger partial charge in [-0.2, -0.15) is 0 Å². The topological polar surface area (TPSA) is 39.4 Å². The van der Waals surface area contributed by atoms with Crippen molar-refractivity contribution in [3.8, 4) is 17.1 Å². The first-order chi connectivity index (χ1) is 13.1. The second-order valence-corrected chi connectivity index (χ2v) is 6.87. The van der Waals surface area contributed by atoms with Crippen LogP contribution in [0.5, 0.6) is 5.75 Å². The van der Waals surface area contributed by atoms with Crippen molar-refractivity contribution in [1.29, 1.82) is 0 Å². The number of aryl methyl sites for hydroxylation is 1. The predicted molar refractivity (Wildman–Crippen MR) is 107 cm³/mol. The molecule has 2 aromatic carbocycles. The summed E-state index contributed by atoms with van der Waals surface area (Å²) in [6.07, 6.45) is 5.48. The van der Waals surface area contributed by atoms with Gasteiger partial charge in [0.2, 0.25) is 0 Å². The van der Waals surface area contributed by atoms with E-state index in [2.05, 4.69) is 6.92 Å². The Labute approximate surface area is 158 Å². The number of rotatable bonds is 8. The average molecular weight is 368 g/mol. The molecule has 0 spiro atoms. The van der Waals surface area contributed by atoms with Gasteiger partial charge in [-0.05, 0) is 30.9 Å². The van der Waals surface area contributed by atoms with E-state index in [1.807, 2.05) is 31.2 Å². The average Bonchev–Trinajstić information content (AvgIpc) is 2.66. The molecule has 3 nitrogen and oxygen atoms in total. The van der Waals surface area contributed by atoms with E-state index in [9.17, 15) is 9.18 Å². The summed E-state index contributed by atoms with van der Waals surface area (Å²) in [4.78, 5) is 12.4. The number of benzene rings is 2. The van der Waals surface area contributed by atoms with Crippen LogP contribution in [0.15, 0.2) is 51.7 Å². The Kier molecular flexibility index (Phi) is 6.28. The van der Waals surface area contributed by atoms with Crippen LogP contribution < -0.4 is 10.4 Å². The molecule has 3 aromatic rings. The first-order valence-electron chi connectivity index (χ1n) is 9.56. The van der Waals surface area contributed by atoms with Crippen LogP contribution in [0.4, 0.5) is 4.39 Å². The van der Waals surface area contributed by atoms with Gasteiger partial charge in [0.1, 0.15) is 11.1 Å². The van der Waals surface area contributed by atoms with E-state index in [0.717, 1.165) is 30.4 Å². The highest BCUT2D eigenvalue weighted by Gasteiger charge is 2.15. The summed E-state index contributed by atoms with van der Waals surface area (Å²) in [6.45, 7) is 4.59. The van der Waals surface area contributed by atoms with Crippen LogP contribution in [0, 0.1) is 12.7 Å². The molecule has 0 unspecified atom stereocenters. The molecular formula is C23H25FO3. The fourth-order valence-corrected chi connectivity index (χ4v) is 3.08. The quantitative estimate of drug-likeness (QED) is 0.441. The van der Waals surface area contributed by atoms with E-state index in [-0.39, 0.29) is 11.1 Å². The summed E-state index contributed by atoms with van der Waals surface area (Å²) in [5.74, 6) is -0.116. The molecule has 0 bridgehead atoms. The number of unbranched alkanes of at least 4 members (excludes halogenated alkanes) is 4. The Morgan fingerprint density at radius 1 is 1.00 bits per heavy atom. The SMILES string of the molecule is CCCCCCCOc1ccc2cc(-c3ccc(C)cc3)oc(=O)c2c1F. The minimum absolute atomic E-state index is 0.0608. The molecule has 0 amide bonds. The summed E-state index contributed by atoms with van der Waals surface area (Å²) >= 11 is 0. The summed E-state index contributed by atoms with van der Waals surface area (Å²) in [5, 5.41) is 0.448. The lowest BCUT2D eigenvalue weighted by molar-refractivity contribution is 0.291. The van der Waals surface area contributed by atoms with Crippen molar-refractivity contribution in [1.82, 2.24) is 0 Å². The standard InChI is InChI=1S/C23H25FO3/c1-3-4-5-6-7-14-26-19-13-12-18-15-20(17-10-8-16(2)9-11-17)27-23(25)21(18)22(19)24/h8-13,15H,3-7,14H2,1-2H3. The fourth-order valence-electron chi connectivity index (χ4n) is 3.08. The van der Waals surface area contributed by atoms with Crippen molar-refractivity contribution in [2.75, 3.05) is 6.61 Å². The normalized spacial score (nSPS) is 11.1.